The molecule has 7 heteroatoms. The van der Waals surface area contributed by atoms with Crippen molar-refractivity contribution in [2.45, 2.75) is 18.7 Å². The fraction of sp³-hybridized carbons (Fsp3) is 0.235. The molecule has 0 fully saturated rings. The van der Waals surface area contributed by atoms with E-state index >= 15 is 0 Å². The molecule has 0 heterocycles. The van der Waals surface area contributed by atoms with Crippen molar-refractivity contribution < 1.29 is 14.1 Å². The second kappa shape index (κ2) is 8.44. The molecule has 0 saturated carbocycles. The van der Waals surface area contributed by atoms with Crippen LogP contribution in [-0.4, -0.2) is 16.6 Å². The number of amides is 1. The van der Waals surface area contributed by atoms with Gasteiger partial charge in [0, 0.05) is 17.9 Å². The number of hydrogen-bond donors (Lipinski definition) is 1. The van der Waals surface area contributed by atoms with Crippen molar-refractivity contribution in [3.8, 4) is 0 Å². The first kappa shape index (κ1) is 17.9. The quantitative estimate of drug-likeness (QED) is 0.609. The van der Waals surface area contributed by atoms with Crippen molar-refractivity contribution in [3.63, 3.8) is 0 Å². The molecule has 0 spiro atoms. The zero-order valence-electron chi connectivity index (χ0n) is 13.1. The third kappa shape index (κ3) is 5.34. The summed E-state index contributed by atoms with van der Waals surface area (Å²) in [6, 6.07) is 12.1. The van der Waals surface area contributed by atoms with Crippen molar-refractivity contribution in [2.24, 2.45) is 0 Å². The highest BCUT2D eigenvalue weighted by Crippen LogP contribution is 2.17. The summed E-state index contributed by atoms with van der Waals surface area (Å²) in [7, 11) is 0. The van der Waals surface area contributed by atoms with Gasteiger partial charge in [0.2, 0.25) is 5.91 Å². The maximum atomic E-state index is 12.9. The molecule has 1 N–H and O–H groups in total. The highest BCUT2D eigenvalue weighted by atomic mass is 32.2. The van der Waals surface area contributed by atoms with Gasteiger partial charge < -0.3 is 5.32 Å². The molecular formula is C17H17FN2O3S. The van der Waals surface area contributed by atoms with Crippen LogP contribution in [0.5, 0.6) is 0 Å². The zero-order chi connectivity index (χ0) is 17.5. The third-order valence-corrected chi connectivity index (χ3v) is 4.40. The number of halogens is 1. The monoisotopic (exact) mass is 348 g/mol. The largest absolute Gasteiger partial charge is 0.349 e. The van der Waals surface area contributed by atoms with Gasteiger partial charge in [0.1, 0.15) is 5.82 Å². The lowest BCUT2D eigenvalue weighted by Gasteiger charge is -2.14. The van der Waals surface area contributed by atoms with E-state index in [9.17, 15) is 19.3 Å². The molecule has 2 rings (SSSR count). The Hall–Kier alpha value is -2.41. The summed E-state index contributed by atoms with van der Waals surface area (Å²) >= 11 is 1.43. The fourth-order valence-corrected chi connectivity index (χ4v) is 2.89. The van der Waals surface area contributed by atoms with Gasteiger partial charge in [0.25, 0.3) is 5.69 Å². The summed E-state index contributed by atoms with van der Waals surface area (Å²) in [5, 5.41) is 13.4. The van der Waals surface area contributed by atoms with E-state index in [1.165, 1.54) is 36.0 Å². The maximum Gasteiger partial charge on any atom is 0.269 e. The van der Waals surface area contributed by atoms with Crippen LogP contribution < -0.4 is 5.32 Å². The molecule has 0 aliphatic heterocycles. The lowest BCUT2D eigenvalue weighted by atomic mass is 10.1. The number of hydrogen-bond acceptors (Lipinski definition) is 4. The van der Waals surface area contributed by atoms with Gasteiger partial charge >= 0.3 is 0 Å². The van der Waals surface area contributed by atoms with E-state index in [1.54, 1.807) is 24.3 Å². The van der Waals surface area contributed by atoms with Gasteiger partial charge in [-0.25, -0.2) is 4.39 Å². The summed E-state index contributed by atoms with van der Waals surface area (Å²) in [6.45, 7) is 1.84. The molecule has 0 unspecified atom stereocenters. The lowest BCUT2D eigenvalue weighted by Crippen LogP contribution is -2.28. The van der Waals surface area contributed by atoms with E-state index in [2.05, 4.69) is 5.32 Å². The molecule has 2 aromatic rings. The zero-order valence-corrected chi connectivity index (χ0v) is 13.9. The molecule has 2 aromatic carbocycles. The van der Waals surface area contributed by atoms with Crippen LogP contribution in [0.25, 0.3) is 0 Å². The van der Waals surface area contributed by atoms with Crippen LogP contribution in [0, 0.1) is 15.9 Å². The average Bonchev–Trinajstić information content (AvgIpc) is 2.55. The van der Waals surface area contributed by atoms with Crippen molar-refractivity contribution in [3.05, 3.63) is 75.6 Å². The van der Waals surface area contributed by atoms with E-state index in [4.69, 9.17) is 0 Å². The molecule has 126 valence electrons. The summed E-state index contributed by atoms with van der Waals surface area (Å²) in [5.74, 6) is 0.452. The standard InChI is InChI=1S/C17H17FN2O3S/c1-12(14-4-6-15(18)7-5-14)19-17(21)11-24-10-13-2-8-16(9-3-13)20(22)23/h2-9,12H,10-11H2,1H3,(H,19,21)/t12-/m1/s1. The van der Waals surface area contributed by atoms with Gasteiger partial charge in [-0.05, 0) is 30.2 Å². The predicted molar refractivity (Wildman–Crippen MR) is 92.2 cm³/mol. The Morgan fingerprint density at radius 3 is 2.42 bits per heavy atom. The van der Waals surface area contributed by atoms with Crippen LogP contribution in [0.1, 0.15) is 24.1 Å². The van der Waals surface area contributed by atoms with E-state index in [0.717, 1.165) is 11.1 Å². The van der Waals surface area contributed by atoms with Gasteiger partial charge in [0.05, 0.1) is 16.7 Å². The Kier molecular flexibility index (Phi) is 6.31. The van der Waals surface area contributed by atoms with E-state index in [0.29, 0.717) is 5.75 Å². The molecule has 1 atom stereocenters. The molecule has 0 bridgehead atoms. The fourth-order valence-electron chi connectivity index (χ4n) is 2.09. The number of carbonyl (C=O) groups is 1. The van der Waals surface area contributed by atoms with Crippen LogP contribution >= 0.6 is 11.8 Å². The normalized spacial score (nSPS) is 11.8. The van der Waals surface area contributed by atoms with Crippen molar-refractivity contribution in [1.29, 1.82) is 0 Å². The Labute approximate surface area is 143 Å². The van der Waals surface area contributed by atoms with Crippen LogP contribution in [-0.2, 0) is 10.5 Å². The van der Waals surface area contributed by atoms with Crippen LogP contribution in [0.15, 0.2) is 48.5 Å². The second-order valence-electron chi connectivity index (χ2n) is 5.26. The summed E-state index contributed by atoms with van der Waals surface area (Å²) < 4.78 is 12.9. The van der Waals surface area contributed by atoms with Crippen molar-refractivity contribution in [1.82, 2.24) is 5.32 Å². The first-order valence-electron chi connectivity index (χ1n) is 7.31. The number of nitrogens with one attached hydrogen (secondary N) is 1. The Morgan fingerprint density at radius 2 is 1.83 bits per heavy atom. The van der Waals surface area contributed by atoms with Crippen molar-refractivity contribution >= 4 is 23.4 Å². The predicted octanol–water partition coefficient (Wildman–Crippen LogP) is 3.84. The lowest BCUT2D eigenvalue weighted by molar-refractivity contribution is -0.384. The van der Waals surface area contributed by atoms with Crippen LogP contribution in [0.3, 0.4) is 0 Å². The molecule has 0 aromatic heterocycles. The number of thioether (sulfide) groups is 1. The van der Waals surface area contributed by atoms with Gasteiger partial charge in [-0.2, -0.15) is 0 Å². The van der Waals surface area contributed by atoms with Gasteiger partial charge in [-0.3, -0.25) is 14.9 Å². The van der Waals surface area contributed by atoms with E-state index in [-0.39, 0.29) is 29.2 Å². The summed E-state index contributed by atoms with van der Waals surface area (Å²) in [4.78, 5) is 22.1. The average molecular weight is 348 g/mol. The summed E-state index contributed by atoms with van der Waals surface area (Å²) in [5.41, 5.74) is 1.81. The van der Waals surface area contributed by atoms with Crippen LogP contribution in [0.2, 0.25) is 0 Å². The van der Waals surface area contributed by atoms with E-state index < -0.39 is 4.92 Å². The minimum atomic E-state index is -0.443. The highest BCUT2D eigenvalue weighted by Gasteiger charge is 2.10. The Bertz CT molecular complexity index is 705. The molecule has 24 heavy (non-hydrogen) atoms. The summed E-state index contributed by atoms with van der Waals surface area (Å²) in [6.07, 6.45) is 0. The minimum Gasteiger partial charge on any atom is -0.349 e. The number of non-ortho nitro benzene ring substituents is 1. The van der Waals surface area contributed by atoms with Gasteiger partial charge in [-0.1, -0.05) is 24.3 Å². The highest BCUT2D eigenvalue weighted by molar-refractivity contribution is 7.99. The first-order chi connectivity index (χ1) is 11.5. The van der Waals surface area contributed by atoms with Gasteiger partial charge in [-0.15, -0.1) is 11.8 Å². The number of benzene rings is 2. The number of nitro groups is 1. The SMILES string of the molecule is C[C@@H](NC(=O)CSCc1ccc([N+](=O)[O-])cc1)c1ccc(F)cc1. The molecule has 0 saturated heterocycles. The minimum absolute atomic E-state index is 0.0506. The number of nitro benzene ring substituents is 1. The van der Waals surface area contributed by atoms with Crippen molar-refractivity contribution in [2.75, 3.05) is 5.75 Å². The molecular weight excluding hydrogens is 331 g/mol. The second-order valence-corrected chi connectivity index (χ2v) is 6.24. The first-order valence-corrected chi connectivity index (χ1v) is 8.47. The number of nitrogens with zero attached hydrogens (tertiary/aromatic N) is 1. The topological polar surface area (TPSA) is 72.2 Å². The third-order valence-electron chi connectivity index (χ3n) is 3.40. The number of rotatable bonds is 7. The molecule has 0 aliphatic rings. The maximum absolute atomic E-state index is 12.9. The molecule has 1 amide bonds. The van der Waals surface area contributed by atoms with E-state index in [1.807, 2.05) is 6.92 Å². The Morgan fingerprint density at radius 1 is 1.21 bits per heavy atom. The smallest absolute Gasteiger partial charge is 0.269 e. The molecule has 0 aliphatic carbocycles. The molecule has 0 radical (unpaired) electrons. The Balaban J connectivity index is 1.76. The number of carbonyl (C=O) groups excluding carboxylic acids is 1. The van der Waals surface area contributed by atoms with Gasteiger partial charge in [0.15, 0.2) is 0 Å². The molecule has 5 nitrogen and oxygen atoms in total. The van der Waals surface area contributed by atoms with Crippen LogP contribution in [0.4, 0.5) is 10.1 Å².